The van der Waals surface area contributed by atoms with Crippen LogP contribution in [-0.4, -0.2) is 34.1 Å². The number of methoxy groups -OCH3 is 1. The Labute approximate surface area is 108 Å². The van der Waals surface area contributed by atoms with Gasteiger partial charge >= 0.3 is 0 Å². The Balaban J connectivity index is 2.06. The standard InChI is InChI=1S/C11H15BrN4O/c1-8(17-2)3-13-4-9-5-15-11-6-14-10(12)7-16(9)11/h5-8,13H,3-4H2,1-2H3. The van der Waals surface area contributed by atoms with Gasteiger partial charge in [0.1, 0.15) is 4.60 Å². The molecule has 1 atom stereocenters. The predicted octanol–water partition coefficient (Wildman–Crippen LogP) is 1.62. The molecule has 0 aliphatic carbocycles. The third-order valence-corrected chi connectivity index (χ3v) is 2.99. The highest BCUT2D eigenvalue weighted by atomic mass is 79.9. The lowest BCUT2D eigenvalue weighted by Gasteiger charge is -2.10. The van der Waals surface area contributed by atoms with E-state index in [2.05, 4.69) is 31.2 Å². The molecule has 0 aliphatic rings. The Bertz CT molecular complexity index is 499. The van der Waals surface area contributed by atoms with Crippen molar-refractivity contribution < 1.29 is 4.74 Å². The molecule has 17 heavy (non-hydrogen) atoms. The first-order valence-corrected chi connectivity index (χ1v) is 6.21. The van der Waals surface area contributed by atoms with Crippen LogP contribution in [0, 0.1) is 0 Å². The summed E-state index contributed by atoms with van der Waals surface area (Å²) in [7, 11) is 1.71. The van der Waals surface area contributed by atoms with E-state index in [0.29, 0.717) is 0 Å². The number of halogens is 1. The van der Waals surface area contributed by atoms with Crippen LogP contribution in [0.2, 0.25) is 0 Å². The molecule has 0 bridgehead atoms. The SMILES string of the molecule is COC(C)CNCc1cnc2cnc(Br)cn12. The highest BCUT2D eigenvalue weighted by Gasteiger charge is 2.05. The molecule has 0 aromatic carbocycles. The molecule has 0 saturated heterocycles. The van der Waals surface area contributed by atoms with E-state index in [9.17, 15) is 0 Å². The fourth-order valence-corrected chi connectivity index (χ4v) is 1.84. The molecule has 2 aromatic rings. The molecule has 6 heteroatoms. The van der Waals surface area contributed by atoms with E-state index in [-0.39, 0.29) is 6.10 Å². The Morgan fingerprint density at radius 2 is 2.29 bits per heavy atom. The van der Waals surface area contributed by atoms with Crippen LogP contribution in [-0.2, 0) is 11.3 Å². The number of imidazole rings is 1. The van der Waals surface area contributed by atoms with Gasteiger partial charge < -0.3 is 10.1 Å². The van der Waals surface area contributed by atoms with Crippen molar-refractivity contribution in [1.82, 2.24) is 19.7 Å². The van der Waals surface area contributed by atoms with Crippen molar-refractivity contribution in [2.75, 3.05) is 13.7 Å². The zero-order valence-corrected chi connectivity index (χ0v) is 11.4. The summed E-state index contributed by atoms with van der Waals surface area (Å²) in [6.45, 7) is 3.60. The zero-order chi connectivity index (χ0) is 12.3. The van der Waals surface area contributed by atoms with Crippen LogP contribution in [0.15, 0.2) is 23.2 Å². The summed E-state index contributed by atoms with van der Waals surface area (Å²) in [6, 6.07) is 0. The van der Waals surface area contributed by atoms with Gasteiger partial charge in [-0.3, -0.25) is 4.40 Å². The normalized spacial score (nSPS) is 13.1. The maximum atomic E-state index is 5.17. The molecule has 2 rings (SSSR count). The summed E-state index contributed by atoms with van der Waals surface area (Å²) in [4.78, 5) is 8.42. The second-order valence-corrected chi connectivity index (χ2v) is 4.68. The van der Waals surface area contributed by atoms with Crippen LogP contribution < -0.4 is 5.32 Å². The monoisotopic (exact) mass is 298 g/mol. The second-order valence-electron chi connectivity index (χ2n) is 3.86. The first kappa shape index (κ1) is 12.5. The van der Waals surface area contributed by atoms with Gasteiger partial charge in [0.25, 0.3) is 0 Å². The van der Waals surface area contributed by atoms with Crippen molar-refractivity contribution in [3.05, 3.63) is 28.9 Å². The molecule has 0 aliphatic heterocycles. The minimum Gasteiger partial charge on any atom is -0.380 e. The topological polar surface area (TPSA) is 51.5 Å². The smallest absolute Gasteiger partial charge is 0.155 e. The van der Waals surface area contributed by atoms with Gasteiger partial charge in [0, 0.05) is 26.4 Å². The van der Waals surface area contributed by atoms with Crippen LogP contribution in [0.25, 0.3) is 5.65 Å². The van der Waals surface area contributed by atoms with Gasteiger partial charge in [-0.05, 0) is 22.9 Å². The maximum Gasteiger partial charge on any atom is 0.155 e. The van der Waals surface area contributed by atoms with Gasteiger partial charge in [-0.2, -0.15) is 0 Å². The van der Waals surface area contributed by atoms with Gasteiger partial charge in [-0.25, -0.2) is 9.97 Å². The molecule has 0 fully saturated rings. The average Bonchev–Trinajstić information content (AvgIpc) is 2.72. The summed E-state index contributed by atoms with van der Waals surface area (Å²) in [5.41, 5.74) is 1.95. The predicted molar refractivity (Wildman–Crippen MR) is 68.9 cm³/mol. The number of aromatic nitrogens is 3. The van der Waals surface area contributed by atoms with Crippen LogP contribution in [0.4, 0.5) is 0 Å². The van der Waals surface area contributed by atoms with E-state index in [1.165, 1.54) is 0 Å². The molecule has 5 nitrogen and oxygen atoms in total. The van der Waals surface area contributed by atoms with Gasteiger partial charge in [-0.15, -0.1) is 0 Å². The highest BCUT2D eigenvalue weighted by molar-refractivity contribution is 9.10. The molecule has 0 saturated carbocycles. The van der Waals surface area contributed by atoms with Gasteiger partial charge in [0.2, 0.25) is 0 Å². The van der Waals surface area contributed by atoms with Crippen molar-refractivity contribution >= 4 is 21.6 Å². The molecule has 1 unspecified atom stereocenters. The minimum absolute atomic E-state index is 0.211. The number of hydrogen-bond donors (Lipinski definition) is 1. The number of ether oxygens (including phenoxy) is 1. The van der Waals surface area contributed by atoms with E-state index < -0.39 is 0 Å². The highest BCUT2D eigenvalue weighted by Crippen LogP contribution is 2.10. The van der Waals surface area contributed by atoms with Gasteiger partial charge in [0.15, 0.2) is 5.65 Å². The molecular weight excluding hydrogens is 284 g/mol. The van der Waals surface area contributed by atoms with E-state index >= 15 is 0 Å². The number of fused-ring (bicyclic) bond motifs is 1. The lowest BCUT2D eigenvalue weighted by atomic mass is 10.4. The number of hydrogen-bond acceptors (Lipinski definition) is 4. The van der Waals surface area contributed by atoms with Gasteiger partial charge in [-0.1, -0.05) is 0 Å². The third-order valence-electron chi connectivity index (χ3n) is 2.58. The summed E-state index contributed by atoms with van der Waals surface area (Å²) in [5.74, 6) is 0. The fourth-order valence-electron chi connectivity index (χ4n) is 1.53. The quantitative estimate of drug-likeness (QED) is 0.911. The molecule has 0 amide bonds. The van der Waals surface area contributed by atoms with Crippen LogP contribution >= 0.6 is 15.9 Å². The van der Waals surface area contributed by atoms with Crippen molar-refractivity contribution in [2.45, 2.75) is 19.6 Å². The molecular formula is C11H15BrN4O. The molecule has 0 radical (unpaired) electrons. The maximum absolute atomic E-state index is 5.17. The lowest BCUT2D eigenvalue weighted by Crippen LogP contribution is -2.26. The van der Waals surface area contributed by atoms with Crippen LogP contribution in [0.1, 0.15) is 12.6 Å². The van der Waals surface area contributed by atoms with E-state index in [1.54, 1.807) is 13.3 Å². The van der Waals surface area contributed by atoms with Crippen molar-refractivity contribution in [3.63, 3.8) is 0 Å². The largest absolute Gasteiger partial charge is 0.380 e. The van der Waals surface area contributed by atoms with Crippen molar-refractivity contribution in [1.29, 1.82) is 0 Å². The minimum atomic E-state index is 0.211. The molecule has 2 aromatic heterocycles. The summed E-state index contributed by atoms with van der Waals surface area (Å²) >= 11 is 3.35. The summed E-state index contributed by atoms with van der Waals surface area (Å²) in [5, 5.41) is 3.33. The van der Waals surface area contributed by atoms with E-state index in [4.69, 9.17) is 4.74 Å². The Morgan fingerprint density at radius 3 is 3.06 bits per heavy atom. The second kappa shape index (κ2) is 5.57. The molecule has 0 spiro atoms. The van der Waals surface area contributed by atoms with Crippen molar-refractivity contribution in [3.8, 4) is 0 Å². The summed E-state index contributed by atoms with van der Waals surface area (Å²) < 4.78 is 7.99. The zero-order valence-electron chi connectivity index (χ0n) is 9.85. The Kier molecular flexibility index (Phi) is 4.09. The first-order valence-electron chi connectivity index (χ1n) is 5.41. The number of nitrogens with zero attached hydrogens (tertiary/aromatic N) is 3. The first-order chi connectivity index (χ1) is 8.20. The fraction of sp³-hybridized carbons (Fsp3) is 0.455. The van der Waals surface area contributed by atoms with Crippen molar-refractivity contribution in [2.24, 2.45) is 0 Å². The lowest BCUT2D eigenvalue weighted by molar-refractivity contribution is 0.117. The molecule has 1 N–H and O–H groups in total. The van der Waals surface area contributed by atoms with Crippen LogP contribution in [0.5, 0.6) is 0 Å². The molecule has 2 heterocycles. The number of rotatable bonds is 5. The Hall–Kier alpha value is -0.980. The van der Waals surface area contributed by atoms with Gasteiger partial charge in [0.05, 0.1) is 24.2 Å². The van der Waals surface area contributed by atoms with E-state index in [0.717, 1.165) is 29.0 Å². The summed E-state index contributed by atoms with van der Waals surface area (Å²) in [6.07, 6.45) is 5.72. The van der Waals surface area contributed by atoms with Crippen LogP contribution in [0.3, 0.4) is 0 Å². The van der Waals surface area contributed by atoms with E-state index in [1.807, 2.05) is 23.7 Å². The molecule has 92 valence electrons. The number of nitrogens with one attached hydrogen (secondary N) is 1. The third kappa shape index (κ3) is 3.02. The Morgan fingerprint density at radius 1 is 1.47 bits per heavy atom. The average molecular weight is 299 g/mol.